The largest absolute Gasteiger partial charge is 0.329 e. The normalized spacial score (nSPS) is 24.6. The number of aryl methyl sites for hydroxylation is 1. The Balaban J connectivity index is 1.83. The van der Waals surface area contributed by atoms with Gasteiger partial charge in [0, 0.05) is 11.4 Å². The van der Waals surface area contributed by atoms with Gasteiger partial charge < -0.3 is 0 Å². The number of urea groups is 1. The van der Waals surface area contributed by atoms with Gasteiger partial charge in [-0.25, -0.2) is 17.6 Å². The highest BCUT2D eigenvalue weighted by Gasteiger charge is 2.54. The molecule has 7 heteroatoms. The zero-order valence-electron chi connectivity index (χ0n) is 13.6. The van der Waals surface area contributed by atoms with Crippen molar-refractivity contribution in [1.82, 2.24) is 0 Å². The molecule has 0 aliphatic carbocycles. The van der Waals surface area contributed by atoms with Crippen LogP contribution >= 0.6 is 0 Å². The molecule has 2 amide bonds. The summed E-state index contributed by atoms with van der Waals surface area (Å²) in [6.45, 7) is 1.89. The van der Waals surface area contributed by atoms with Gasteiger partial charge in [-0.2, -0.15) is 0 Å². The molecule has 130 valence electrons. The Morgan fingerprint density at radius 2 is 1.56 bits per heavy atom. The Morgan fingerprint density at radius 3 is 2.20 bits per heavy atom. The summed E-state index contributed by atoms with van der Waals surface area (Å²) < 4.78 is 37.7. The van der Waals surface area contributed by atoms with E-state index < -0.39 is 27.7 Å². The third-order valence-electron chi connectivity index (χ3n) is 4.85. The zero-order valence-corrected chi connectivity index (χ0v) is 14.4. The van der Waals surface area contributed by atoms with Gasteiger partial charge in [-0.1, -0.05) is 18.2 Å². The lowest BCUT2D eigenvalue weighted by atomic mass is 10.1. The van der Waals surface area contributed by atoms with Crippen molar-refractivity contribution in [2.75, 3.05) is 21.3 Å². The minimum atomic E-state index is -3.24. The molecule has 0 aromatic heterocycles. The van der Waals surface area contributed by atoms with Crippen LogP contribution < -0.4 is 9.80 Å². The molecule has 0 N–H and O–H groups in total. The first-order valence-corrected chi connectivity index (χ1v) is 9.83. The van der Waals surface area contributed by atoms with Gasteiger partial charge in [0.1, 0.15) is 5.82 Å². The summed E-state index contributed by atoms with van der Waals surface area (Å²) in [5.41, 5.74) is 2.12. The molecule has 2 saturated heterocycles. The number of amides is 2. The van der Waals surface area contributed by atoms with E-state index in [2.05, 4.69) is 0 Å². The van der Waals surface area contributed by atoms with Crippen molar-refractivity contribution in [3.63, 3.8) is 0 Å². The smallest absolute Gasteiger partial charge is 0.288 e. The van der Waals surface area contributed by atoms with Gasteiger partial charge in [0.25, 0.3) is 0 Å². The number of fused-ring (bicyclic) bond motifs is 1. The molecule has 0 unspecified atom stereocenters. The molecular weight excluding hydrogens is 343 g/mol. The van der Waals surface area contributed by atoms with Crippen molar-refractivity contribution in [2.45, 2.75) is 19.0 Å². The molecule has 25 heavy (non-hydrogen) atoms. The molecule has 2 aliphatic rings. The number of rotatable bonds is 2. The molecule has 0 radical (unpaired) electrons. The minimum Gasteiger partial charge on any atom is -0.288 e. The molecule has 5 nitrogen and oxygen atoms in total. The van der Waals surface area contributed by atoms with Gasteiger partial charge in [-0.05, 0) is 42.8 Å². The van der Waals surface area contributed by atoms with Crippen LogP contribution in [0.25, 0.3) is 0 Å². The highest BCUT2D eigenvalue weighted by atomic mass is 32.2. The van der Waals surface area contributed by atoms with Crippen molar-refractivity contribution >= 4 is 27.2 Å². The lowest BCUT2D eigenvalue weighted by Gasteiger charge is -2.24. The predicted octanol–water partition coefficient (Wildman–Crippen LogP) is 2.75. The SMILES string of the molecule is Cc1ccccc1N1C(=O)N(c2ccc(F)cc2)[C@@H]2CS(=O)(=O)C[C@@H]21. The predicted molar refractivity (Wildman–Crippen MR) is 94.2 cm³/mol. The number of nitrogens with zero attached hydrogens (tertiary/aromatic N) is 2. The first kappa shape index (κ1) is 16.1. The summed E-state index contributed by atoms with van der Waals surface area (Å²) in [6.07, 6.45) is 0. The Hall–Kier alpha value is -2.41. The lowest BCUT2D eigenvalue weighted by Crippen LogP contribution is -2.38. The number of sulfone groups is 1. The lowest BCUT2D eigenvalue weighted by molar-refractivity contribution is 0.255. The van der Waals surface area contributed by atoms with Crippen LogP contribution in [0.15, 0.2) is 48.5 Å². The van der Waals surface area contributed by atoms with E-state index >= 15 is 0 Å². The Morgan fingerprint density at radius 1 is 0.960 bits per heavy atom. The monoisotopic (exact) mass is 360 g/mol. The van der Waals surface area contributed by atoms with Crippen molar-refractivity contribution in [3.05, 3.63) is 59.9 Å². The van der Waals surface area contributed by atoms with E-state index in [9.17, 15) is 17.6 Å². The molecule has 2 aromatic carbocycles. The van der Waals surface area contributed by atoms with Gasteiger partial charge in [0.15, 0.2) is 9.84 Å². The second-order valence-corrected chi connectivity index (χ2v) is 8.65. The van der Waals surface area contributed by atoms with Crippen LogP contribution in [0.5, 0.6) is 0 Å². The molecule has 2 aromatic rings. The second-order valence-electron chi connectivity index (χ2n) is 6.50. The maximum atomic E-state index is 13.2. The molecule has 2 atom stereocenters. The van der Waals surface area contributed by atoms with Crippen LogP contribution in [0.2, 0.25) is 0 Å². The van der Waals surface area contributed by atoms with E-state index in [0.29, 0.717) is 11.4 Å². The van der Waals surface area contributed by atoms with Gasteiger partial charge in [-0.3, -0.25) is 9.80 Å². The summed E-state index contributed by atoms with van der Waals surface area (Å²) in [4.78, 5) is 16.2. The number of halogens is 1. The fourth-order valence-corrected chi connectivity index (χ4v) is 5.64. The number of anilines is 2. The second kappa shape index (κ2) is 5.56. The molecule has 0 bridgehead atoms. The van der Waals surface area contributed by atoms with Crippen LogP contribution in [0.1, 0.15) is 5.56 Å². The topological polar surface area (TPSA) is 57.7 Å². The number of benzene rings is 2. The first-order valence-electron chi connectivity index (χ1n) is 8.01. The molecule has 2 heterocycles. The van der Waals surface area contributed by atoms with Gasteiger partial charge in [-0.15, -0.1) is 0 Å². The van der Waals surface area contributed by atoms with Gasteiger partial charge in [0.05, 0.1) is 23.6 Å². The number of hydrogen-bond acceptors (Lipinski definition) is 3. The van der Waals surface area contributed by atoms with Gasteiger partial charge >= 0.3 is 6.03 Å². The molecular formula is C18H17FN2O3S. The Bertz CT molecular complexity index is 943. The van der Waals surface area contributed by atoms with E-state index in [-0.39, 0.29) is 17.5 Å². The maximum absolute atomic E-state index is 13.2. The molecule has 4 rings (SSSR count). The van der Waals surface area contributed by atoms with Crippen molar-refractivity contribution < 1.29 is 17.6 Å². The third kappa shape index (κ3) is 2.59. The highest BCUT2D eigenvalue weighted by molar-refractivity contribution is 7.91. The van der Waals surface area contributed by atoms with Crippen LogP contribution in [-0.4, -0.2) is 38.0 Å². The van der Waals surface area contributed by atoms with Crippen LogP contribution in [0.3, 0.4) is 0 Å². The summed E-state index contributed by atoms with van der Waals surface area (Å²) in [5, 5.41) is 0. The summed E-state index contributed by atoms with van der Waals surface area (Å²) >= 11 is 0. The summed E-state index contributed by atoms with van der Waals surface area (Å²) in [6, 6.07) is 11.8. The highest BCUT2D eigenvalue weighted by Crippen LogP contribution is 2.38. The summed E-state index contributed by atoms with van der Waals surface area (Å²) in [7, 11) is -3.24. The average molecular weight is 360 g/mol. The van der Waals surface area contributed by atoms with E-state index in [4.69, 9.17) is 0 Å². The van der Waals surface area contributed by atoms with Crippen LogP contribution in [-0.2, 0) is 9.84 Å². The van der Waals surface area contributed by atoms with Crippen molar-refractivity contribution in [3.8, 4) is 0 Å². The standard InChI is InChI=1S/C18H17FN2O3S/c1-12-4-2-3-5-15(12)21-17-11-25(23,24)10-16(17)20(18(21)22)14-8-6-13(19)7-9-14/h2-9,16-17H,10-11H2,1H3/t16-,17+/m1/s1. The fraction of sp³-hybridized carbons (Fsp3) is 0.278. The molecule has 2 fully saturated rings. The number of para-hydroxylation sites is 1. The Kier molecular flexibility index (Phi) is 3.57. The summed E-state index contributed by atoms with van der Waals surface area (Å²) in [5.74, 6) is -0.541. The van der Waals surface area contributed by atoms with E-state index in [0.717, 1.165) is 5.56 Å². The molecule has 2 aliphatic heterocycles. The number of carbonyl (C=O) groups is 1. The number of hydrogen-bond donors (Lipinski definition) is 0. The Labute approximate surface area is 145 Å². The van der Waals surface area contributed by atoms with Crippen molar-refractivity contribution in [2.24, 2.45) is 0 Å². The van der Waals surface area contributed by atoms with Gasteiger partial charge in [0.2, 0.25) is 0 Å². The minimum absolute atomic E-state index is 0.0601. The maximum Gasteiger partial charge on any atom is 0.329 e. The fourth-order valence-electron chi connectivity index (χ4n) is 3.72. The third-order valence-corrected chi connectivity index (χ3v) is 6.55. The van der Waals surface area contributed by atoms with Crippen LogP contribution in [0, 0.1) is 12.7 Å². The van der Waals surface area contributed by atoms with E-state index in [1.165, 1.54) is 29.2 Å². The first-order chi connectivity index (χ1) is 11.9. The van der Waals surface area contributed by atoms with Crippen LogP contribution in [0.4, 0.5) is 20.6 Å². The van der Waals surface area contributed by atoms with E-state index in [1.807, 2.05) is 31.2 Å². The quantitative estimate of drug-likeness (QED) is 0.774. The average Bonchev–Trinajstić information content (AvgIpc) is 2.99. The van der Waals surface area contributed by atoms with E-state index in [1.54, 1.807) is 4.90 Å². The number of carbonyl (C=O) groups excluding carboxylic acids is 1. The molecule has 0 spiro atoms. The molecule has 0 saturated carbocycles. The van der Waals surface area contributed by atoms with Crippen molar-refractivity contribution in [1.29, 1.82) is 0 Å². The zero-order chi connectivity index (χ0) is 17.8.